The molecular weight excluding hydrogens is 464 g/mol. The summed E-state index contributed by atoms with van der Waals surface area (Å²) >= 11 is 0. The number of ether oxygens (including phenoxy) is 6. The smallest absolute Gasteiger partial charge is 0.314 e. The van der Waals surface area contributed by atoms with E-state index in [-0.39, 0.29) is 29.3 Å². The predicted octanol–water partition coefficient (Wildman–Crippen LogP) is 5.21. The number of methoxy groups -OCH3 is 5. The molecule has 2 aromatic rings. The standard InChI is InChI=1S/C28H38O8/c1-10-14(2)28(30)36-27-21-17(12-19(31-5)25(27)34-8)11-15(3)16(4)23(29)18-13-20(32-6)24(33-7)26(35-9)22(18)21/h12-16,23,29H,10-11H2,1-9H3/t14-,15-,16-,23-/m1/s1. The number of benzene rings is 2. The number of hydrogen-bond acceptors (Lipinski definition) is 8. The van der Waals surface area contributed by atoms with E-state index < -0.39 is 12.1 Å². The summed E-state index contributed by atoms with van der Waals surface area (Å²) in [6, 6.07) is 3.66. The Hall–Kier alpha value is -3.13. The zero-order valence-electron chi connectivity index (χ0n) is 22.7. The number of carbonyl (C=O) groups excluding carboxylic acids is 1. The first-order valence-corrected chi connectivity index (χ1v) is 12.2. The average molecular weight is 503 g/mol. The van der Waals surface area contributed by atoms with Crippen molar-refractivity contribution in [2.24, 2.45) is 17.8 Å². The van der Waals surface area contributed by atoms with Gasteiger partial charge in [-0.25, -0.2) is 0 Å². The van der Waals surface area contributed by atoms with E-state index in [1.807, 2.05) is 26.8 Å². The van der Waals surface area contributed by atoms with Gasteiger partial charge in [0.2, 0.25) is 11.5 Å². The van der Waals surface area contributed by atoms with Gasteiger partial charge in [-0.15, -0.1) is 0 Å². The van der Waals surface area contributed by atoms with Crippen LogP contribution in [-0.4, -0.2) is 46.6 Å². The SMILES string of the molecule is CC[C@@H](C)C(=O)Oc1c(OC)c(OC)cc2c1-c1c(cc(OC)c(OC)c1OC)[C@H](O)[C@H](C)[C@H](C)C2. The summed E-state index contributed by atoms with van der Waals surface area (Å²) in [5, 5.41) is 11.5. The van der Waals surface area contributed by atoms with Gasteiger partial charge >= 0.3 is 5.97 Å². The molecule has 8 heteroatoms. The molecule has 0 amide bonds. The van der Waals surface area contributed by atoms with Crippen LogP contribution in [-0.2, 0) is 11.2 Å². The first-order chi connectivity index (χ1) is 17.2. The molecule has 1 aliphatic carbocycles. The van der Waals surface area contributed by atoms with Crippen molar-refractivity contribution in [1.82, 2.24) is 0 Å². The highest BCUT2D eigenvalue weighted by molar-refractivity contribution is 5.91. The van der Waals surface area contributed by atoms with Crippen LogP contribution in [0.4, 0.5) is 0 Å². The van der Waals surface area contributed by atoms with Gasteiger partial charge in [0.05, 0.1) is 47.6 Å². The van der Waals surface area contributed by atoms with Crippen molar-refractivity contribution in [1.29, 1.82) is 0 Å². The summed E-state index contributed by atoms with van der Waals surface area (Å²) in [5.74, 6) is 1.37. The molecule has 1 aliphatic rings. The van der Waals surface area contributed by atoms with E-state index in [0.717, 1.165) is 5.56 Å². The number of esters is 1. The highest BCUT2D eigenvalue weighted by atomic mass is 16.6. The van der Waals surface area contributed by atoms with Crippen molar-refractivity contribution in [3.63, 3.8) is 0 Å². The minimum Gasteiger partial charge on any atom is -0.493 e. The van der Waals surface area contributed by atoms with Gasteiger partial charge in [0.25, 0.3) is 0 Å². The third-order valence-corrected chi connectivity index (χ3v) is 7.29. The average Bonchev–Trinajstić information content (AvgIpc) is 2.89. The number of fused-ring (bicyclic) bond motifs is 3. The topological polar surface area (TPSA) is 92.7 Å². The third kappa shape index (κ3) is 4.66. The summed E-state index contributed by atoms with van der Waals surface area (Å²) in [5.41, 5.74) is 2.61. The number of aliphatic hydroxyl groups is 1. The second-order valence-electron chi connectivity index (χ2n) is 9.30. The van der Waals surface area contributed by atoms with Crippen LogP contribution in [0.5, 0.6) is 34.5 Å². The molecule has 0 spiro atoms. The molecule has 0 saturated carbocycles. The molecule has 1 N–H and O–H groups in total. The zero-order chi connectivity index (χ0) is 26.7. The molecule has 3 rings (SSSR count). The lowest BCUT2D eigenvalue weighted by Gasteiger charge is -2.33. The van der Waals surface area contributed by atoms with E-state index in [9.17, 15) is 9.90 Å². The van der Waals surface area contributed by atoms with Crippen LogP contribution in [0.1, 0.15) is 51.3 Å². The molecule has 36 heavy (non-hydrogen) atoms. The van der Waals surface area contributed by atoms with Crippen molar-refractivity contribution < 1.29 is 38.3 Å². The third-order valence-electron chi connectivity index (χ3n) is 7.29. The monoisotopic (exact) mass is 502 g/mol. The van der Waals surface area contributed by atoms with E-state index in [4.69, 9.17) is 28.4 Å². The van der Waals surface area contributed by atoms with Crippen LogP contribution in [0.15, 0.2) is 12.1 Å². The van der Waals surface area contributed by atoms with Crippen LogP contribution in [0.2, 0.25) is 0 Å². The summed E-state index contributed by atoms with van der Waals surface area (Å²) in [6.07, 6.45) is 0.368. The Morgan fingerprint density at radius 1 is 0.889 bits per heavy atom. The van der Waals surface area contributed by atoms with Gasteiger partial charge in [-0.05, 0) is 47.9 Å². The van der Waals surface area contributed by atoms with Crippen LogP contribution >= 0.6 is 0 Å². The van der Waals surface area contributed by atoms with Gasteiger partial charge in [0.1, 0.15) is 0 Å². The van der Waals surface area contributed by atoms with Crippen LogP contribution in [0.25, 0.3) is 11.1 Å². The lowest BCUT2D eigenvalue weighted by Crippen LogP contribution is -2.24. The fourth-order valence-corrected chi connectivity index (χ4v) is 4.71. The van der Waals surface area contributed by atoms with Gasteiger partial charge in [-0.1, -0.05) is 27.7 Å². The van der Waals surface area contributed by atoms with Gasteiger partial charge in [-0.2, -0.15) is 0 Å². The summed E-state index contributed by atoms with van der Waals surface area (Å²) in [7, 11) is 7.63. The molecule has 198 valence electrons. The second-order valence-corrected chi connectivity index (χ2v) is 9.30. The van der Waals surface area contributed by atoms with E-state index >= 15 is 0 Å². The zero-order valence-corrected chi connectivity index (χ0v) is 22.7. The van der Waals surface area contributed by atoms with Crippen molar-refractivity contribution in [3.8, 4) is 45.6 Å². The van der Waals surface area contributed by atoms with E-state index in [2.05, 4.69) is 6.92 Å². The van der Waals surface area contributed by atoms with E-state index in [1.54, 1.807) is 13.2 Å². The molecule has 0 radical (unpaired) electrons. The van der Waals surface area contributed by atoms with Gasteiger partial charge in [-0.3, -0.25) is 4.79 Å². The highest BCUT2D eigenvalue weighted by Gasteiger charge is 2.37. The molecule has 0 saturated heterocycles. The molecule has 4 atom stereocenters. The maximum Gasteiger partial charge on any atom is 0.314 e. The highest BCUT2D eigenvalue weighted by Crippen LogP contribution is 2.57. The van der Waals surface area contributed by atoms with Crippen LogP contribution in [0.3, 0.4) is 0 Å². The summed E-state index contributed by atoms with van der Waals surface area (Å²) < 4.78 is 34.6. The fraction of sp³-hybridized carbons (Fsp3) is 0.536. The maximum atomic E-state index is 13.1. The van der Waals surface area contributed by atoms with E-state index in [1.165, 1.54) is 28.4 Å². The fourth-order valence-electron chi connectivity index (χ4n) is 4.71. The minimum absolute atomic E-state index is 0.0854. The van der Waals surface area contributed by atoms with Gasteiger partial charge in [0, 0.05) is 11.1 Å². The van der Waals surface area contributed by atoms with E-state index in [0.29, 0.717) is 52.5 Å². The first-order valence-electron chi connectivity index (χ1n) is 12.2. The molecule has 0 unspecified atom stereocenters. The minimum atomic E-state index is -0.844. The largest absolute Gasteiger partial charge is 0.493 e. The Kier molecular flexibility index (Phi) is 8.61. The van der Waals surface area contributed by atoms with Gasteiger partial charge < -0.3 is 33.5 Å². The Balaban J connectivity index is 2.55. The maximum absolute atomic E-state index is 13.1. The van der Waals surface area contributed by atoms with Crippen LogP contribution < -0.4 is 28.4 Å². The van der Waals surface area contributed by atoms with Gasteiger partial charge in [0.15, 0.2) is 23.0 Å². The number of aliphatic hydroxyl groups excluding tert-OH is 1. The predicted molar refractivity (Wildman–Crippen MR) is 137 cm³/mol. The number of rotatable bonds is 8. The molecule has 0 aliphatic heterocycles. The quantitative estimate of drug-likeness (QED) is 0.389. The molecule has 2 aromatic carbocycles. The summed E-state index contributed by atoms with van der Waals surface area (Å²) in [6.45, 7) is 7.84. The second kappa shape index (κ2) is 11.3. The molecular formula is C28H38O8. The number of hydrogen-bond donors (Lipinski definition) is 1. The molecule has 0 bridgehead atoms. The molecule has 0 aromatic heterocycles. The molecule has 8 nitrogen and oxygen atoms in total. The lowest BCUT2D eigenvalue weighted by atomic mass is 9.76. The lowest BCUT2D eigenvalue weighted by molar-refractivity contribution is -0.138. The van der Waals surface area contributed by atoms with Crippen molar-refractivity contribution in [2.75, 3.05) is 35.5 Å². The first kappa shape index (κ1) is 27.5. The van der Waals surface area contributed by atoms with Crippen molar-refractivity contribution in [3.05, 3.63) is 23.3 Å². The molecule has 0 fully saturated rings. The van der Waals surface area contributed by atoms with Crippen molar-refractivity contribution in [2.45, 2.75) is 46.6 Å². The van der Waals surface area contributed by atoms with Crippen molar-refractivity contribution >= 4 is 5.97 Å². The summed E-state index contributed by atoms with van der Waals surface area (Å²) in [4.78, 5) is 13.1. The number of carbonyl (C=O) groups is 1. The normalized spacial score (nSPS) is 19.7. The Bertz CT molecular complexity index is 1110. The molecule has 0 heterocycles. The Labute approximate surface area is 213 Å². The Morgan fingerprint density at radius 2 is 1.44 bits per heavy atom. The Morgan fingerprint density at radius 3 is 1.97 bits per heavy atom. The van der Waals surface area contributed by atoms with Crippen LogP contribution in [0, 0.1) is 17.8 Å².